The molecule has 18 heteroatoms. The molecule has 0 radical (unpaired) electrons. The van der Waals surface area contributed by atoms with Crippen molar-refractivity contribution in [1.29, 1.82) is 0 Å². The van der Waals surface area contributed by atoms with Crippen LogP contribution in [0.25, 0.3) is 11.2 Å². The smallest absolute Gasteiger partial charge is 0.348 e. The highest BCUT2D eigenvalue weighted by molar-refractivity contribution is 8.00. The fourth-order valence-electron chi connectivity index (χ4n) is 4.13. The van der Waals surface area contributed by atoms with Crippen LogP contribution in [0.4, 0.5) is 5.13 Å². The first-order valence-corrected chi connectivity index (χ1v) is 13.7. The van der Waals surface area contributed by atoms with Crippen LogP contribution in [0.3, 0.4) is 0 Å². The van der Waals surface area contributed by atoms with Gasteiger partial charge in [0.1, 0.15) is 33.5 Å². The van der Waals surface area contributed by atoms with Crippen LogP contribution in [0.15, 0.2) is 41.1 Å². The monoisotopic (exact) mass is 606 g/mol. The molecule has 2 aliphatic heterocycles. The molecule has 5 heterocycles. The fourth-order valence-corrected chi connectivity index (χ4v) is 6.39. The highest BCUT2D eigenvalue weighted by Gasteiger charge is 2.53. The Balaban J connectivity index is 1.38. The number of halogens is 1. The number of carbonyl (C=O) groups excluding carboxylic acids is 3. The van der Waals surface area contributed by atoms with E-state index in [-0.39, 0.29) is 33.2 Å². The van der Waals surface area contributed by atoms with Crippen LogP contribution in [0.1, 0.15) is 12.6 Å². The highest BCUT2D eigenvalue weighted by atomic mass is 35.5. The Kier molecular flexibility index (Phi) is 7.35. The number of pyridine rings is 1. The Bertz CT molecular complexity index is 1620. The average Bonchev–Trinajstić information content (AvgIpc) is 3.53. The Labute approximate surface area is 237 Å². The third-order valence-electron chi connectivity index (χ3n) is 6.03. The van der Waals surface area contributed by atoms with E-state index in [9.17, 15) is 24.3 Å². The maximum Gasteiger partial charge on any atom is 0.348 e. The number of imidazole rings is 1. The molecule has 1 fully saturated rings. The average molecular weight is 607 g/mol. The Morgan fingerprint density at radius 3 is 2.92 bits per heavy atom. The van der Waals surface area contributed by atoms with Crippen LogP contribution in [-0.4, -0.2) is 77.7 Å². The summed E-state index contributed by atoms with van der Waals surface area (Å²) in [7, 11) is 0. The van der Waals surface area contributed by atoms with Crippen molar-refractivity contribution in [2.24, 2.45) is 5.16 Å². The van der Waals surface area contributed by atoms with Crippen molar-refractivity contribution >= 4 is 80.5 Å². The Hall–Kier alpha value is -4.22. The van der Waals surface area contributed by atoms with Gasteiger partial charge in [-0.2, -0.15) is 0 Å². The number of carboxylic acids is 2. The number of hydrogen-bond donors (Lipinski definition) is 4. The van der Waals surface area contributed by atoms with Crippen molar-refractivity contribution < 1.29 is 38.8 Å². The molecule has 208 valence electrons. The van der Waals surface area contributed by atoms with Gasteiger partial charge in [-0.05, 0) is 24.0 Å². The Morgan fingerprint density at radius 1 is 1.48 bits per heavy atom. The standard InChI is InChI=1S/C22H19ClN8O7S2/c1-8(20(34)35)38-29-12(11-15(23)40-22(24)28-11)17(32)27-13-18(33)31-14(21(36)37)9(6-39-19(13)31)5-30-4-2-3-10-16(30)26-7-25-10/h2-4,7-8,13,19H,5-6H2,1H3,(H5,24,27,28,32,34,35,36,37)/b29-12-/t8-,13?,19?/m0/s1. The number of β-lactam (4-membered cyclic amide) rings is 1. The van der Waals surface area contributed by atoms with Gasteiger partial charge in [0, 0.05) is 11.3 Å². The molecule has 3 aromatic rings. The molecule has 2 aliphatic rings. The quantitative estimate of drug-likeness (QED) is 0.0984. The largest absolute Gasteiger partial charge is 0.543 e. The van der Waals surface area contributed by atoms with Crippen LogP contribution >= 0.6 is 34.7 Å². The van der Waals surface area contributed by atoms with Crippen LogP contribution in [0, 0.1) is 0 Å². The summed E-state index contributed by atoms with van der Waals surface area (Å²) in [5.41, 5.74) is 6.52. The topological polar surface area (TPSA) is 220 Å². The summed E-state index contributed by atoms with van der Waals surface area (Å²) in [6.07, 6.45) is 1.85. The van der Waals surface area contributed by atoms with Crippen LogP contribution in [0.2, 0.25) is 4.34 Å². The molecule has 0 aliphatic carbocycles. The number of rotatable bonds is 9. The molecule has 0 aromatic carbocycles. The van der Waals surface area contributed by atoms with Gasteiger partial charge in [0.15, 0.2) is 10.8 Å². The number of thiazole rings is 1. The van der Waals surface area contributed by atoms with Crippen LogP contribution in [-0.2, 0) is 30.6 Å². The maximum absolute atomic E-state index is 13.2. The zero-order chi connectivity index (χ0) is 28.7. The lowest BCUT2D eigenvalue weighted by atomic mass is 10.0. The predicted molar refractivity (Wildman–Crippen MR) is 140 cm³/mol. The number of amides is 2. The molecule has 0 bridgehead atoms. The minimum atomic E-state index is -1.53. The molecule has 5 rings (SSSR count). The number of carboxylic acid groups (broad SMARTS) is 2. The lowest BCUT2D eigenvalue weighted by Gasteiger charge is -2.50. The van der Waals surface area contributed by atoms with Gasteiger partial charge in [-0.25, -0.2) is 14.3 Å². The van der Waals surface area contributed by atoms with E-state index in [2.05, 4.69) is 25.4 Å². The number of thioether (sulfide) groups is 1. The molecule has 3 aromatic heterocycles. The summed E-state index contributed by atoms with van der Waals surface area (Å²) in [6, 6.07) is 2.47. The number of oxime groups is 1. The number of hydrogen-bond acceptors (Lipinski definition) is 12. The number of carbonyl (C=O) groups is 4. The molecule has 3 atom stereocenters. The van der Waals surface area contributed by atoms with E-state index in [1.807, 2.05) is 6.07 Å². The summed E-state index contributed by atoms with van der Waals surface area (Å²) in [5.74, 6) is -4.28. The van der Waals surface area contributed by atoms with Gasteiger partial charge in [0.05, 0.1) is 17.9 Å². The van der Waals surface area contributed by atoms with E-state index in [0.717, 1.165) is 21.8 Å². The normalized spacial score (nSPS) is 19.7. The molecule has 40 heavy (non-hydrogen) atoms. The van der Waals surface area contributed by atoms with E-state index in [1.165, 1.54) is 25.0 Å². The highest BCUT2D eigenvalue weighted by Crippen LogP contribution is 2.40. The molecular formula is C22H19ClN8O7S2. The fraction of sp³-hybridized carbons (Fsp3) is 0.273. The van der Waals surface area contributed by atoms with E-state index in [0.29, 0.717) is 11.2 Å². The van der Waals surface area contributed by atoms with Crippen molar-refractivity contribution in [3.63, 3.8) is 0 Å². The summed E-state index contributed by atoms with van der Waals surface area (Å²) in [6.45, 7) is 1.34. The first-order chi connectivity index (χ1) is 19.1. The number of nitrogen functional groups attached to an aromatic ring is 1. The number of aromatic amines is 1. The van der Waals surface area contributed by atoms with E-state index < -0.39 is 47.0 Å². The summed E-state index contributed by atoms with van der Waals surface area (Å²) < 4.78 is 1.74. The second kappa shape index (κ2) is 10.7. The van der Waals surface area contributed by atoms with E-state index >= 15 is 0 Å². The SMILES string of the molecule is C[C@H](O/N=C(\C(=O)NC1C(=O)N2C(C(=O)[O-])=C(C[n+]3cccc4[nH]cnc43)CSC12)c1nc(N)sc1Cl)C(=O)O. The first kappa shape index (κ1) is 27.4. The molecule has 0 spiro atoms. The number of nitrogens with zero attached hydrogens (tertiary/aromatic N) is 5. The van der Waals surface area contributed by atoms with Gasteiger partial charge in [0.25, 0.3) is 11.8 Å². The molecule has 0 saturated carbocycles. The number of aromatic nitrogens is 4. The molecule has 1 saturated heterocycles. The van der Waals surface area contributed by atoms with E-state index in [4.69, 9.17) is 27.3 Å². The zero-order valence-electron chi connectivity index (χ0n) is 20.4. The van der Waals surface area contributed by atoms with Gasteiger partial charge in [-0.1, -0.05) is 28.1 Å². The zero-order valence-corrected chi connectivity index (χ0v) is 22.7. The van der Waals surface area contributed by atoms with Crippen molar-refractivity contribution in [2.75, 3.05) is 11.5 Å². The van der Waals surface area contributed by atoms with E-state index in [1.54, 1.807) is 16.8 Å². The summed E-state index contributed by atoms with van der Waals surface area (Å²) in [5, 5.41) is 26.6. The van der Waals surface area contributed by atoms with Crippen molar-refractivity contribution in [2.45, 2.75) is 31.0 Å². The van der Waals surface area contributed by atoms with Gasteiger partial charge in [-0.3, -0.25) is 14.5 Å². The first-order valence-electron chi connectivity index (χ1n) is 11.5. The predicted octanol–water partition coefficient (Wildman–Crippen LogP) is -1.16. The number of H-pyrrole nitrogens is 1. The molecule has 5 N–H and O–H groups in total. The van der Waals surface area contributed by atoms with Crippen molar-refractivity contribution in [3.8, 4) is 0 Å². The second-order valence-corrected chi connectivity index (χ2v) is 11.3. The maximum atomic E-state index is 13.2. The number of anilines is 1. The van der Waals surface area contributed by atoms with Crippen LogP contribution < -0.4 is 20.7 Å². The molecular weight excluding hydrogens is 588 g/mol. The molecule has 2 amide bonds. The van der Waals surface area contributed by atoms with Gasteiger partial charge in [0.2, 0.25) is 12.4 Å². The number of fused-ring (bicyclic) bond motifs is 2. The van der Waals surface area contributed by atoms with Crippen molar-refractivity contribution in [1.82, 2.24) is 25.2 Å². The minimum Gasteiger partial charge on any atom is -0.543 e. The number of nitrogens with two attached hydrogens (primary N) is 1. The lowest BCUT2D eigenvalue weighted by Crippen LogP contribution is -2.71. The minimum absolute atomic E-state index is 0.0113. The van der Waals surface area contributed by atoms with Gasteiger partial charge >= 0.3 is 11.6 Å². The molecule has 15 nitrogen and oxygen atoms in total. The van der Waals surface area contributed by atoms with Crippen LogP contribution in [0.5, 0.6) is 0 Å². The third-order valence-corrected chi connectivity index (χ3v) is 8.45. The Morgan fingerprint density at radius 2 is 2.25 bits per heavy atom. The number of nitrogens with one attached hydrogen (secondary N) is 2. The van der Waals surface area contributed by atoms with Gasteiger partial charge < -0.3 is 35.9 Å². The number of aliphatic carboxylic acids is 2. The molecule has 2 unspecified atom stereocenters. The summed E-state index contributed by atoms with van der Waals surface area (Å²) in [4.78, 5) is 66.8. The lowest BCUT2D eigenvalue weighted by molar-refractivity contribution is -0.664. The second-order valence-electron chi connectivity index (χ2n) is 8.58. The summed E-state index contributed by atoms with van der Waals surface area (Å²) >= 11 is 8.23. The van der Waals surface area contributed by atoms with Crippen molar-refractivity contribution in [3.05, 3.63) is 46.0 Å². The third kappa shape index (κ3) is 4.93. The van der Waals surface area contributed by atoms with Gasteiger partial charge in [-0.15, -0.1) is 11.8 Å².